The molecule has 0 fully saturated rings. The van der Waals surface area contributed by atoms with Gasteiger partial charge in [-0.25, -0.2) is 0 Å². The van der Waals surface area contributed by atoms with Crippen molar-refractivity contribution in [2.24, 2.45) is 0 Å². The summed E-state index contributed by atoms with van der Waals surface area (Å²) in [5.74, 6) is -0.757. The molecule has 1 aromatic heterocycles. The van der Waals surface area contributed by atoms with Crippen LogP contribution in [0.25, 0.3) is 0 Å². The van der Waals surface area contributed by atoms with Gasteiger partial charge in [0.05, 0.1) is 16.0 Å². The van der Waals surface area contributed by atoms with Crippen molar-refractivity contribution in [1.29, 1.82) is 0 Å². The van der Waals surface area contributed by atoms with E-state index in [4.69, 9.17) is 0 Å². The zero-order chi connectivity index (χ0) is 18.1. The van der Waals surface area contributed by atoms with E-state index in [2.05, 4.69) is 5.32 Å². The maximum Gasteiger partial charge on any atom is 0.416 e. The Morgan fingerprint density at radius 2 is 1.54 bits per heavy atom. The number of thiophene rings is 1. The van der Waals surface area contributed by atoms with Crippen LogP contribution >= 0.6 is 11.3 Å². The van der Waals surface area contributed by atoms with Gasteiger partial charge in [-0.1, -0.05) is 6.92 Å². The second-order valence-electron chi connectivity index (χ2n) is 4.87. The summed E-state index contributed by atoms with van der Waals surface area (Å²) in [7, 11) is 0. The number of amides is 1. The molecule has 1 aromatic carbocycles. The normalized spacial score (nSPS) is 12.3. The first kappa shape index (κ1) is 18.3. The van der Waals surface area contributed by atoms with Crippen molar-refractivity contribution in [2.45, 2.75) is 25.7 Å². The van der Waals surface area contributed by atoms with Crippen molar-refractivity contribution in [3.05, 3.63) is 51.2 Å². The van der Waals surface area contributed by atoms with Crippen LogP contribution in [0.1, 0.15) is 32.6 Å². The van der Waals surface area contributed by atoms with Gasteiger partial charge < -0.3 is 5.32 Å². The second-order valence-corrected chi connectivity index (χ2v) is 6.04. The molecule has 0 unspecified atom stereocenters. The van der Waals surface area contributed by atoms with Gasteiger partial charge in [-0.05, 0) is 36.8 Å². The van der Waals surface area contributed by atoms with Crippen LogP contribution in [0.5, 0.6) is 0 Å². The number of alkyl halides is 6. The maximum atomic E-state index is 12.8. The van der Waals surface area contributed by atoms with Crippen LogP contribution < -0.4 is 5.32 Å². The maximum absolute atomic E-state index is 12.8. The second kappa shape index (κ2) is 6.46. The van der Waals surface area contributed by atoms with Crippen molar-refractivity contribution in [3.63, 3.8) is 0 Å². The number of nitrogens with one attached hydrogen (secondary N) is 1. The quantitative estimate of drug-likeness (QED) is 0.703. The van der Waals surface area contributed by atoms with E-state index in [1.165, 1.54) is 6.07 Å². The molecule has 1 N–H and O–H groups in total. The minimum absolute atomic E-state index is 0.00991. The molecule has 1 heterocycles. The van der Waals surface area contributed by atoms with E-state index in [1.807, 2.05) is 6.92 Å². The number of carbonyl (C=O) groups excluding carboxylic acids is 1. The molecule has 0 bridgehead atoms. The molecule has 2 rings (SSSR count). The van der Waals surface area contributed by atoms with Gasteiger partial charge in [0.15, 0.2) is 0 Å². The minimum atomic E-state index is -4.96. The van der Waals surface area contributed by atoms with Crippen molar-refractivity contribution in [1.82, 2.24) is 0 Å². The fraction of sp³-hybridized carbons (Fsp3) is 0.267. The van der Waals surface area contributed by atoms with Crippen molar-refractivity contribution >= 4 is 22.9 Å². The van der Waals surface area contributed by atoms with Gasteiger partial charge in [0.1, 0.15) is 0 Å². The van der Waals surface area contributed by atoms with Gasteiger partial charge in [0.2, 0.25) is 0 Å². The highest BCUT2D eigenvalue weighted by molar-refractivity contribution is 7.14. The Morgan fingerprint density at radius 1 is 1.00 bits per heavy atom. The lowest BCUT2D eigenvalue weighted by Crippen LogP contribution is -2.15. The SMILES string of the molecule is CCc1ccc(C(=O)Nc2cc(C(F)(F)F)cc(C(F)(F)F)c2)s1. The molecular weight excluding hydrogens is 356 g/mol. The van der Waals surface area contributed by atoms with Crippen LogP contribution in [-0.4, -0.2) is 5.91 Å². The molecule has 0 aliphatic rings. The summed E-state index contributed by atoms with van der Waals surface area (Å²) in [5.41, 5.74) is -3.52. The van der Waals surface area contributed by atoms with Gasteiger partial charge in [-0.3, -0.25) is 4.79 Å². The molecule has 2 nitrogen and oxygen atoms in total. The standard InChI is InChI=1S/C15H11F6NOS/c1-2-11-3-4-12(24-11)13(23)22-10-6-8(14(16,17)18)5-9(7-10)15(19,20)21/h3-7H,2H2,1H3,(H,22,23). The van der Waals surface area contributed by atoms with Gasteiger partial charge in [0, 0.05) is 10.6 Å². The summed E-state index contributed by atoms with van der Waals surface area (Å²) in [6.45, 7) is 1.86. The van der Waals surface area contributed by atoms with E-state index in [-0.39, 0.29) is 10.9 Å². The lowest BCUT2D eigenvalue weighted by atomic mass is 10.1. The fourth-order valence-corrected chi connectivity index (χ4v) is 2.75. The molecule has 0 aliphatic carbocycles. The van der Waals surface area contributed by atoms with Crippen LogP contribution in [0.4, 0.5) is 32.0 Å². The lowest BCUT2D eigenvalue weighted by molar-refractivity contribution is -0.143. The van der Waals surface area contributed by atoms with Crippen LogP contribution in [0, 0.1) is 0 Å². The van der Waals surface area contributed by atoms with Crippen LogP contribution in [0.2, 0.25) is 0 Å². The minimum Gasteiger partial charge on any atom is -0.321 e. The molecule has 0 radical (unpaired) electrons. The number of hydrogen-bond acceptors (Lipinski definition) is 2. The number of aryl methyl sites for hydroxylation is 1. The third-order valence-electron chi connectivity index (χ3n) is 3.08. The third kappa shape index (κ3) is 4.28. The van der Waals surface area contributed by atoms with E-state index in [0.29, 0.717) is 18.6 Å². The average Bonchev–Trinajstić information content (AvgIpc) is 2.94. The first-order valence-electron chi connectivity index (χ1n) is 6.70. The zero-order valence-electron chi connectivity index (χ0n) is 12.2. The predicted molar refractivity (Wildman–Crippen MR) is 78.1 cm³/mol. The Morgan fingerprint density at radius 3 is 1.96 bits per heavy atom. The van der Waals surface area contributed by atoms with Crippen LogP contribution in [0.3, 0.4) is 0 Å². The number of hydrogen-bond donors (Lipinski definition) is 1. The summed E-state index contributed by atoms with van der Waals surface area (Å²) in [5, 5.41) is 2.09. The van der Waals surface area contributed by atoms with Crippen LogP contribution in [-0.2, 0) is 18.8 Å². The molecule has 0 saturated carbocycles. The highest BCUT2D eigenvalue weighted by atomic mass is 32.1. The van der Waals surface area contributed by atoms with E-state index in [1.54, 1.807) is 6.07 Å². The average molecular weight is 367 g/mol. The highest BCUT2D eigenvalue weighted by Gasteiger charge is 2.37. The molecule has 0 spiro atoms. The fourth-order valence-electron chi connectivity index (χ4n) is 1.91. The molecule has 0 saturated heterocycles. The third-order valence-corrected chi connectivity index (χ3v) is 4.31. The molecule has 24 heavy (non-hydrogen) atoms. The Bertz CT molecular complexity index is 715. The summed E-state index contributed by atoms with van der Waals surface area (Å²) >= 11 is 1.12. The lowest BCUT2D eigenvalue weighted by Gasteiger charge is -2.14. The van der Waals surface area contributed by atoms with E-state index in [9.17, 15) is 31.1 Å². The zero-order valence-corrected chi connectivity index (χ0v) is 13.0. The predicted octanol–water partition coefficient (Wildman–Crippen LogP) is 5.60. The first-order chi connectivity index (χ1) is 11.0. The Kier molecular flexibility index (Phi) is 4.93. The topological polar surface area (TPSA) is 29.1 Å². The highest BCUT2D eigenvalue weighted by Crippen LogP contribution is 2.37. The Hall–Kier alpha value is -2.03. The summed E-state index contributed by atoms with van der Waals surface area (Å²) in [4.78, 5) is 13.1. The van der Waals surface area contributed by atoms with Gasteiger partial charge in [0.25, 0.3) is 5.91 Å². The van der Waals surface area contributed by atoms with E-state index < -0.39 is 35.1 Å². The van der Waals surface area contributed by atoms with E-state index in [0.717, 1.165) is 16.2 Å². The first-order valence-corrected chi connectivity index (χ1v) is 7.52. The molecule has 9 heteroatoms. The number of carbonyl (C=O) groups is 1. The molecular formula is C15H11F6NOS. The largest absolute Gasteiger partial charge is 0.416 e. The molecule has 130 valence electrons. The number of benzene rings is 1. The van der Waals surface area contributed by atoms with E-state index >= 15 is 0 Å². The van der Waals surface area contributed by atoms with Gasteiger partial charge >= 0.3 is 12.4 Å². The Labute approximate surface area is 137 Å². The van der Waals surface area contributed by atoms with Gasteiger partial charge in [-0.2, -0.15) is 26.3 Å². The number of halogens is 6. The molecule has 2 aromatic rings. The van der Waals surface area contributed by atoms with Crippen molar-refractivity contribution in [2.75, 3.05) is 5.32 Å². The van der Waals surface area contributed by atoms with Crippen molar-refractivity contribution < 1.29 is 31.1 Å². The molecule has 0 aliphatic heterocycles. The summed E-state index contributed by atoms with van der Waals surface area (Å²) in [6, 6.07) is 4.10. The smallest absolute Gasteiger partial charge is 0.321 e. The molecule has 1 amide bonds. The monoisotopic (exact) mass is 367 g/mol. The van der Waals surface area contributed by atoms with Crippen LogP contribution in [0.15, 0.2) is 30.3 Å². The number of anilines is 1. The summed E-state index contributed by atoms with van der Waals surface area (Å²) in [6.07, 6.45) is -9.25. The summed E-state index contributed by atoms with van der Waals surface area (Å²) < 4.78 is 76.6. The van der Waals surface area contributed by atoms with Gasteiger partial charge in [-0.15, -0.1) is 11.3 Å². The number of rotatable bonds is 3. The molecule has 0 atom stereocenters. The van der Waals surface area contributed by atoms with Crippen molar-refractivity contribution in [3.8, 4) is 0 Å². The Balaban J connectivity index is 2.36.